The van der Waals surface area contributed by atoms with Crippen LogP contribution in [0.3, 0.4) is 0 Å². The first kappa shape index (κ1) is 62.5. The molecule has 78 heavy (non-hydrogen) atoms. The number of fused-ring (bicyclic) bond motifs is 2. The smallest absolute Gasteiger partial charge is 0.407 e. The van der Waals surface area contributed by atoms with Crippen LogP contribution >= 0.6 is 31.5 Å². The van der Waals surface area contributed by atoms with Crippen LogP contribution in [0.5, 0.6) is 11.5 Å². The number of rotatable bonds is 28. The molecule has 16 nitrogen and oxygen atoms in total. The summed E-state index contributed by atoms with van der Waals surface area (Å²) >= 11 is 12.7. The molecule has 4 atom stereocenters. The third-order valence-corrected chi connectivity index (χ3v) is 13.4. The van der Waals surface area contributed by atoms with Gasteiger partial charge in [-0.05, 0) is 123 Å². The van der Waals surface area contributed by atoms with E-state index in [2.05, 4.69) is 45.5 Å². The molecule has 0 heterocycles. The first-order valence-corrected chi connectivity index (χ1v) is 28.8. The Labute approximate surface area is 469 Å². The number of halogens is 3. The highest BCUT2D eigenvalue weighted by atomic mass is 35.5. The molecule has 5 aromatic carbocycles. The number of benzene rings is 5. The molecule has 0 radical (unpaired) electrons. The number of ether oxygens (including phenoxy) is 4. The first-order chi connectivity index (χ1) is 37.1. The molecule has 0 spiro atoms. The van der Waals surface area contributed by atoms with E-state index in [1.807, 2.05) is 86.6 Å². The maximum atomic E-state index is 14.6. The van der Waals surface area contributed by atoms with E-state index in [0.29, 0.717) is 52.5 Å². The maximum absolute atomic E-state index is 14.6. The predicted octanol–water partition coefficient (Wildman–Crippen LogP) is 10.4. The second-order valence-electron chi connectivity index (χ2n) is 20.8. The summed E-state index contributed by atoms with van der Waals surface area (Å²) in [6.07, 6.45) is 1.43. The Kier molecular flexibility index (Phi) is 24.6. The molecule has 420 valence electrons. The van der Waals surface area contributed by atoms with Crippen molar-refractivity contribution in [1.29, 1.82) is 5.41 Å². The topological polar surface area (TPSA) is 218 Å². The number of nitrogens with one attached hydrogen (secondary N) is 7. The van der Waals surface area contributed by atoms with Gasteiger partial charge in [-0.15, -0.1) is 0 Å². The van der Waals surface area contributed by atoms with Gasteiger partial charge < -0.3 is 50.6 Å². The number of hydrogen-bond acceptors (Lipinski definition) is 10. The highest BCUT2D eigenvalue weighted by molar-refractivity contribution is 7.76. The summed E-state index contributed by atoms with van der Waals surface area (Å²) in [4.78, 5) is 69.3. The second-order valence-corrected chi connectivity index (χ2v) is 22.8. The summed E-state index contributed by atoms with van der Waals surface area (Å²) in [6, 6.07) is 24.8. The molecule has 0 aromatic heterocycles. The molecule has 0 saturated heterocycles. The number of carbonyl (C=O) groups excluding carboxylic acids is 5. The molecule has 0 aliphatic heterocycles. The number of carbonyl (C=O) groups is 5. The normalized spacial score (nSPS) is 13.0. The SMILES string of the molecule is BP(F)NC(=N)NCCC[C@@H](NC(=O)[C@@H](CCCCNC(=O)OC(C)(C)C)NC(=O)COc1ccc2ccccc2c1-c1c(OCCC(C)C)ccc2ccccc12)C(=O)N[C@@H](CC(C)C)C(=O)OCc1c(Cl)cccc1Cl. The fraction of sp³-hybridized carbons (Fsp3) is 0.439. The summed E-state index contributed by atoms with van der Waals surface area (Å²) in [5, 5.41) is 28.6. The van der Waals surface area contributed by atoms with Crippen LogP contribution in [0.15, 0.2) is 91.0 Å². The molecule has 0 aliphatic rings. The zero-order chi connectivity index (χ0) is 56.9. The second kappa shape index (κ2) is 30.7. The van der Waals surface area contributed by atoms with Crippen molar-refractivity contribution < 1.29 is 47.1 Å². The highest BCUT2D eigenvalue weighted by Crippen LogP contribution is 2.45. The number of alkyl carbamates (subject to hydrolysis) is 1. The summed E-state index contributed by atoms with van der Waals surface area (Å²) in [7, 11) is -0.812. The lowest BCUT2D eigenvalue weighted by molar-refractivity contribution is -0.150. The van der Waals surface area contributed by atoms with Gasteiger partial charge in [-0.25, -0.2) is 13.8 Å². The summed E-state index contributed by atoms with van der Waals surface area (Å²) < 4.78 is 37.6. The van der Waals surface area contributed by atoms with Gasteiger partial charge in [0.05, 0.1) is 6.61 Å². The lowest BCUT2D eigenvalue weighted by Crippen LogP contribution is -2.56. The van der Waals surface area contributed by atoms with Gasteiger partial charge in [-0.3, -0.25) is 19.8 Å². The molecule has 0 aliphatic carbocycles. The number of guanidine groups is 1. The van der Waals surface area contributed by atoms with Crippen molar-refractivity contribution in [3.63, 3.8) is 0 Å². The number of amides is 4. The van der Waals surface area contributed by atoms with Gasteiger partial charge in [0, 0.05) is 39.8 Å². The van der Waals surface area contributed by atoms with Crippen LogP contribution < -0.4 is 41.1 Å². The first-order valence-electron chi connectivity index (χ1n) is 26.3. The standard InChI is InChI=1S/C57H74BCl2FN7O9P/c1-35(2)28-31-74-47-26-24-37-16-8-10-18-39(37)50(47)51-40-19-11-9-17-38(40)25-27-48(51)75-34-49(69)65-44(22-12-13-29-64-56(73)77-57(5,6)7)52(70)66-45(23-15-30-63-55(62)68-78(58)61)53(71)67-46(32-36(3)4)54(72)76-33-41-42(59)20-14-21-43(41)60/h8-11,14,16-21,24-27,35-36,44-46H,12-13,15,22-23,28-34,58H2,1-7H3,(H,64,73)(H,65,69)(H,66,70)(H,67,71)(H3,62,63,68)/t44-,45-,46+,78?/m1/s1. The van der Waals surface area contributed by atoms with Crippen molar-refractivity contribution in [1.82, 2.24) is 31.7 Å². The fourth-order valence-corrected chi connectivity index (χ4v) is 9.31. The van der Waals surface area contributed by atoms with Crippen LogP contribution in [0.25, 0.3) is 32.7 Å². The molecule has 0 bridgehead atoms. The van der Waals surface area contributed by atoms with Gasteiger partial charge in [-0.2, -0.15) is 0 Å². The van der Waals surface area contributed by atoms with Crippen molar-refractivity contribution in [2.45, 2.75) is 124 Å². The Morgan fingerprint density at radius 2 is 1.22 bits per heavy atom. The molecule has 4 amide bonds. The number of unbranched alkanes of at least 4 members (excludes halogenated alkanes) is 1. The van der Waals surface area contributed by atoms with E-state index in [-0.39, 0.29) is 57.3 Å². The van der Waals surface area contributed by atoms with E-state index in [4.69, 9.17) is 47.6 Å². The average Bonchev–Trinajstić information content (AvgIpc) is 3.37. The van der Waals surface area contributed by atoms with Gasteiger partial charge in [-0.1, -0.05) is 118 Å². The summed E-state index contributed by atoms with van der Waals surface area (Å²) in [5.41, 5.74) is 1.21. The average molecular weight is 1130 g/mol. The molecule has 5 aromatic rings. The van der Waals surface area contributed by atoms with Crippen molar-refractivity contribution in [3.8, 4) is 22.6 Å². The van der Waals surface area contributed by atoms with E-state index in [1.165, 1.54) is 7.57 Å². The molecule has 21 heteroatoms. The zero-order valence-corrected chi connectivity index (χ0v) is 48.2. The quantitative estimate of drug-likeness (QED) is 0.00624. The Morgan fingerprint density at radius 1 is 0.667 bits per heavy atom. The highest BCUT2D eigenvalue weighted by Gasteiger charge is 2.31. The molecule has 0 saturated carbocycles. The maximum Gasteiger partial charge on any atom is 0.407 e. The summed E-state index contributed by atoms with van der Waals surface area (Å²) in [5.74, 6) is -1.66. The minimum absolute atomic E-state index is 0.00128. The van der Waals surface area contributed by atoms with Crippen LogP contribution in [0.1, 0.15) is 99.0 Å². The van der Waals surface area contributed by atoms with Gasteiger partial charge in [0.2, 0.25) is 19.4 Å². The molecular weight excluding hydrogens is 1060 g/mol. The lowest BCUT2D eigenvalue weighted by atomic mass is 9.92. The van der Waals surface area contributed by atoms with Crippen LogP contribution in [-0.4, -0.2) is 93.3 Å². The largest absolute Gasteiger partial charge is 0.493 e. The Bertz CT molecular complexity index is 2840. The minimum Gasteiger partial charge on any atom is -0.493 e. The van der Waals surface area contributed by atoms with E-state index in [1.54, 1.807) is 39.0 Å². The van der Waals surface area contributed by atoms with E-state index < -0.39 is 68.4 Å². The van der Waals surface area contributed by atoms with Gasteiger partial charge in [0.25, 0.3) is 5.91 Å². The van der Waals surface area contributed by atoms with E-state index in [0.717, 1.165) is 39.1 Å². The van der Waals surface area contributed by atoms with E-state index in [9.17, 15) is 28.2 Å². The third-order valence-electron chi connectivity index (χ3n) is 12.2. The number of hydrogen-bond donors (Lipinski definition) is 7. The molecule has 0 fully saturated rings. The van der Waals surface area contributed by atoms with Crippen molar-refractivity contribution in [2.24, 2.45) is 11.8 Å². The van der Waals surface area contributed by atoms with Crippen molar-refractivity contribution >= 4 is 96.3 Å². The lowest BCUT2D eigenvalue weighted by Gasteiger charge is -2.26. The zero-order valence-electron chi connectivity index (χ0n) is 45.8. The Balaban J connectivity index is 1.42. The van der Waals surface area contributed by atoms with Crippen LogP contribution in [0.2, 0.25) is 10.0 Å². The van der Waals surface area contributed by atoms with E-state index >= 15 is 0 Å². The Hall–Kier alpha value is -6.36. The third kappa shape index (κ3) is 20.1. The minimum atomic E-state index is -2.11. The number of esters is 1. The Morgan fingerprint density at radius 3 is 1.79 bits per heavy atom. The molecular formula is C57H74BCl2FN7O9P. The summed E-state index contributed by atoms with van der Waals surface area (Å²) in [6.45, 7) is 13.3. The predicted molar refractivity (Wildman–Crippen MR) is 312 cm³/mol. The van der Waals surface area contributed by atoms with Gasteiger partial charge in [0.15, 0.2) is 12.6 Å². The monoisotopic (exact) mass is 1130 g/mol. The molecule has 1 unspecified atom stereocenters. The fourth-order valence-electron chi connectivity index (χ4n) is 8.42. The van der Waals surface area contributed by atoms with Crippen LogP contribution in [0.4, 0.5) is 8.99 Å². The van der Waals surface area contributed by atoms with Crippen LogP contribution in [-0.2, 0) is 35.3 Å². The molecule has 5 rings (SSSR count). The van der Waals surface area contributed by atoms with Crippen molar-refractivity contribution in [2.75, 3.05) is 26.3 Å². The van der Waals surface area contributed by atoms with Gasteiger partial charge >= 0.3 is 12.1 Å². The van der Waals surface area contributed by atoms with Crippen molar-refractivity contribution in [3.05, 3.63) is 107 Å². The van der Waals surface area contributed by atoms with Gasteiger partial charge in [0.1, 0.15) is 50.1 Å². The molecule has 7 N–H and O–H groups in total. The van der Waals surface area contributed by atoms with Crippen LogP contribution in [0, 0.1) is 17.2 Å².